The second kappa shape index (κ2) is 3.91. The van der Waals surface area contributed by atoms with Crippen LogP contribution in [0.4, 0.5) is 0 Å². The highest BCUT2D eigenvalue weighted by molar-refractivity contribution is 7.81. The maximum Gasteiger partial charge on any atom is 0.221 e. The standard InChI is InChI=1S/C10H21NOS/c1-9(2,3)7(8(11)12)6-10(4,5)13/h7,13H,6H2,1-5H3,(H2,11,12). The van der Waals surface area contributed by atoms with Crippen molar-refractivity contribution in [2.75, 3.05) is 0 Å². The van der Waals surface area contributed by atoms with Crippen molar-refractivity contribution in [3.05, 3.63) is 0 Å². The monoisotopic (exact) mass is 203 g/mol. The molecule has 3 heteroatoms. The van der Waals surface area contributed by atoms with E-state index in [1.165, 1.54) is 0 Å². The second-order valence-corrected chi connectivity index (χ2v) is 6.55. The van der Waals surface area contributed by atoms with Crippen LogP contribution in [0, 0.1) is 11.3 Å². The van der Waals surface area contributed by atoms with Gasteiger partial charge in [0.2, 0.25) is 5.91 Å². The van der Waals surface area contributed by atoms with Gasteiger partial charge in [0, 0.05) is 10.7 Å². The van der Waals surface area contributed by atoms with E-state index in [1.807, 2.05) is 34.6 Å². The van der Waals surface area contributed by atoms with Gasteiger partial charge in [0.15, 0.2) is 0 Å². The predicted octanol–water partition coefficient (Wildman–Crippen LogP) is 2.23. The fraction of sp³-hybridized carbons (Fsp3) is 0.900. The minimum atomic E-state index is -0.227. The summed E-state index contributed by atoms with van der Waals surface area (Å²) < 4.78 is -0.146. The lowest BCUT2D eigenvalue weighted by Crippen LogP contribution is -2.37. The summed E-state index contributed by atoms with van der Waals surface area (Å²) in [6.45, 7) is 10.1. The van der Waals surface area contributed by atoms with Crippen LogP contribution in [0.25, 0.3) is 0 Å². The van der Waals surface area contributed by atoms with E-state index in [2.05, 4.69) is 12.6 Å². The first kappa shape index (κ1) is 12.8. The molecule has 0 rings (SSSR count). The molecule has 0 aliphatic rings. The minimum absolute atomic E-state index is 0.0775. The normalized spacial score (nSPS) is 15.5. The summed E-state index contributed by atoms with van der Waals surface area (Å²) in [6, 6.07) is 0. The molecule has 0 bridgehead atoms. The van der Waals surface area contributed by atoms with Gasteiger partial charge in [0.1, 0.15) is 0 Å². The Hall–Kier alpha value is -0.180. The lowest BCUT2D eigenvalue weighted by atomic mass is 9.76. The highest BCUT2D eigenvalue weighted by Crippen LogP contribution is 2.34. The molecule has 78 valence electrons. The van der Waals surface area contributed by atoms with Gasteiger partial charge < -0.3 is 5.73 Å². The van der Waals surface area contributed by atoms with Crippen LogP contribution >= 0.6 is 12.6 Å². The molecule has 0 saturated carbocycles. The zero-order valence-corrected chi connectivity index (χ0v) is 10.1. The quantitative estimate of drug-likeness (QED) is 0.679. The molecule has 0 aromatic carbocycles. The van der Waals surface area contributed by atoms with Gasteiger partial charge in [0.25, 0.3) is 0 Å². The van der Waals surface area contributed by atoms with Crippen molar-refractivity contribution in [2.24, 2.45) is 17.1 Å². The van der Waals surface area contributed by atoms with Crippen LogP contribution in [0.1, 0.15) is 41.0 Å². The lowest BCUT2D eigenvalue weighted by Gasteiger charge is -2.32. The Bertz CT molecular complexity index is 188. The topological polar surface area (TPSA) is 43.1 Å². The Morgan fingerprint density at radius 3 is 1.77 bits per heavy atom. The third kappa shape index (κ3) is 5.19. The van der Waals surface area contributed by atoms with Gasteiger partial charge in [-0.05, 0) is 11.8 Å². The SMILES string of the molecule is CC(C)(S)CC(C(N)=O)C(C)(C)C. The van der Waals surface area contributed by atoms with Crippen LogP contribution in [-0.4, -0.2) is 10.7 Å². The zero-order valence-electron chi connectivity index (χ0n) is 9.22. The lowest BCUT2D eigenvalue weighted by molar-refractivity contribution is -0.125. The largest absolute Gasteiger partial charge is 0.369 e. The molecule has 13 heavy (non-hydrogen) atoms. The molecule has 0 saturated heterocycles. The van der Waals surface area contributed by atoms with Crippen LogP contribution < -0.4 is 5.73 Å². The predicted molar refractivity (Wildman–Crippen MR) is 59.8 cm³/mol. The van der Waals surface area contributed by atoms with Gasteiger partial charge in [-0.3, -0.25) is 4.79 Å². The number of hydrogen-bond donors (Lipinski definition) is 2. The summed E-state index contributed by atoms with van der Waals surface area (Å²) in [5.41, 5.74) is 5.28. The van der Waals surface area contributed by atoms with Gasteiger partial charge in [-0.1, -0.05) is 34.6 Å². The van der Waals surface area contributed by atoms with Crippen molar-refractivity contribution in [2.45, 2.75) is 45.8 Å². The highest BCUT2D eigenvalue weighted by Gasteiger charge is 2.33. The van der Waals surface area contributed by atoms with E-state index in [1.54, 1.807) is 0 Å². The molecule has 2 N–H and O–H groups in total. The van der Waals surface area contributed by atoms with Gasteiger partial charge in [-0.25, -0.2) is 0 Å². The molecule has 2 nitrogen and oxygen atoms in total. The molecular formula is C10H21NOS. The number of primary amides is 1. The molecule has 0 aliphatic heterocycles. The van der Waals surface area contributed by atoms with Crippen LogP contribution in [0.2, 0.25) is 0 Å². The zero-order chi connectivity index (χ0) is 10.9. The van der Waals surface area contributed by atoms with Gasteiger partial charge in [-0.15, -0.1) is 0 Å². The smallest absolute Gasteiger partial charge is 0.221 e. The molecule has 0 aliphatic carbocycles. The summed E-state index contributed by atoms with van der Waals surface area (Å²) in [7, 11) is 0. The van der Waals surface area contributed by atoms with Crippen LogP contribution in [0.15, 0.2) is 0 Å². The third-order valence-electron chi connectivity index (χ3n) is 2.09. The van der Waals surface area contributed by atoms with Crippen molar-refractivity contribution >= 4 is 18.5 Å². The Balaban J connectivity index is 4.56. The molecule has 0 heterocycles. The average molecular weight is 203 g/mol. The molecule has 1 amide bonds. The summed E-state index contributed by atoms with van der Waals surface area (Å²) >= 11 is 4.41. The minimum Gasteiger partial charge on any atom is -0.369 e. The van der Waals surface area contributed by atoms with Gasteiger partial charge >= 0.3 is 0 Å². The van der Waals surface area contributed by atoms with E-state index < -0.39 is 0 Å². The molecule has 0 aromatic heterocycles. The maximum atomic E-state index is 11.2. The first-order valence-electron chi connectivity index (χ1n) is 4.56. The number of rotatable bonds is 3. The van der Waals surface area contributed by atoms with E-state index in [9.17, 15) is 4.79 Å². The molecule has 1 atom stereocenters. The number of thiol groups is 1. The summed E-state index contributed by atoms with van der Waals surface area (Å²) in [5.74, 6) is -0.338. The van der Waals surface area contributed by atoms with Crippen molar-refractivity contribution in [1.29, 1.82) is 0 Å². The highest BCUT2D eigenvalue weighted by atomic mass is 32.1. The van der Waals surface area contributed by atoms with Crippen molar-refractivity contribution < 1.29 is 4.79 Å². The molecule has 0 radical (unpaired) electrons. The maximum absolute atomic E-state index is 11.2. The molecule has 0 aromatic rings. The van der Waals surface area contributed by atoms with Crippen LogP contribution in [0.3, 0.4) is 0 Å². The van der Waals surface area contributed by atoms with Crippen molar-refractivity contribution in [1.82, 2.24) is 0 Å². The average Bonchev–Trinajstić information content (AvgIpc) is 1.77. The van der Waals surface area contributed by atoms with E-state index in [0.29, 0.717) is 0 Å². The summed E-state index contributed by atoms with van der Waals surface area (Å²) in [5, 5.41) is 0. The van der Waals surface area contributed by atoms with Gasteiger partial charge in [-0.2, -0.15) is 12.6 Å². The van der Waals surface area contributed by atoms with E-state index in [-0.39, 0.29) is 22.0 Å². The number of hydrogen-bond acceptors (Lipinski definition) is 2. The van der Waals surface area contributed by atoms with E-state index in [4.69, 9.17) is 5.73 Å². The van der Waals surface area contributed by atoms with Crippen LogP contribution in [-0.2, 0) is 4.79 Å². The first-order chi connectivity index (χ1) is 5.54. The Morgan fingerprint density at radius 2 is 1.69 bits per heavy atom. The molecular weight excluding hydrogens is 182 g/mol. The Labute approximate surface area is 86.7 Å². The molecule has 1 unspecified atom stereocenters. The Morgan fingerprint density at radius 1 is 1.31 bits per heavy atom. The van der Waals surface area contributed by atoms with Crippen LogP contribution in [0.5, 0.6) is 0 Å². The number of carbonyl (C=O) groups excluding carboxylic acids is 1. The fourth-order valence-corrected chi connectivity index (χ4v) is 1.52. The third-order valence-corrected chi connectivity index (χ3v) is 2.28. The van der Waals surface area contributed by atoms with E-state index in [0.717, 1.165) is 6.42 Å². The number of carbonyl (C=O) groups is 1. The second-order valence-electron chi connectivity index (χ2n) is 5.34. The summed E-state index contributed by atoms with van der Waals surface area (Å²) in [4.78, 5) is 11.2. The first-order valence-corrected chi connectivity index (χ1v) is 5.00. The Kier molecular flexibility index (Phi) is 3.85. The molecule has 0 spiro atoms. The number of amides is 1. The fourth-order valence-electron chi connectivity index (χ4n) is 1.33. The summed E-state index contributed by atoms with van der Waals surface area (Å²) in [6.07, 6.45) is 0.717. The van der Waals surface area contributed by atoms with E-state index >= 15 is 0 Å². The molecule has 0 fully saturated rings. The number of nitrogens with two attached hydrogens (primary N) is 1. The van der Waals surface area contributed by atoms with Crippen molar-refractivity contribution in [3.8, 4) is 0 Å². The van der Waals surface area contributed by atoms with Gasteiger partial charge in [0.05, 0.1) is 0 Å². The van der Waals surface area contributed by atoms with Crippen molar-refractivity contribution in [3.63, 3.8) is 0 Å².